The highest BCUT2D eigenvalue weighted by molar-refractivity contribution is 5.80. The monoisotopic (exact) mass is 188 g/mol. The lowest BCUT2D eigenvalue weighted by Crippen LogP contribution is -2.41. The Morgan fingerprint density at radius 1 is 1.46 bits per heavy atom. The summed E-state index contributed by atoms with van der Waals surface area (Å²) >= 11 is 0. The first-order chi connectivity index (χ1) is 6.11. The van der Waals surface area contributed by atoms with Crippen LogP contribution in [0.4, 0.5) is 0 Å². The normalized spacial score (nSPS) is 11.9. The molecule has 5 heteroatoms. The first-order valence-corrected chi connectivity index (χ1v) is 4.22. The number of hydrogen-bond acceptors (Lipinski definition) is 4. The molecule has 0 bridgehead atoms. The topological polar surface area (TPSA) is 67.4 Å². The third-order valence-electron chi connectivity index (χ3n) is 1.49. The van der Waals surface area contributed by atoms with E-state index in [0.29, 0.717) is 6.61 Å². The Balaban J connectivity index is 3.67. The van der Waals surface area contributed by atoms with Gasteiger partial charge in [-0.05, 0) is 13.8 Å². The summed E-state index contributed by atoms with van der Waals surface area (Å²) in [6, 6.07) is -0.447. The van der Waals surface area contributed by atoms with E-state index in [1.807, 2.05) is 0 Å². The third-order valence-corrected chi connectivity index (χ3v) is 1.49. The zero-order valence-corrected chi connectivity index (χ0v) is 8.22. The number of carbonyl (C=O) groups is 2. The maximum absolute atomic E-state index is 11.0. The molecule has 0 saturated carbocycles. The minimum atomic E-state index is -0.447. The van der Waals surface area contributed by atoms with Gasteiger partial charge in [0, 0.05) is 7.05 Å². The van der Waals surface area contributed by atoms with Crippen LogP contribution in [0.25, 0.3) is 0 Å². The van der Waals surface area contributed by atoms with Crippen LogP contribution in [0, 0.1) is 0 Å². The van der Waals surface area contributed by atoms with Gasteiger partial charge < -0.3 is 10.1 Å². The van der Waals surface area contributed by atoms with E-state index in [9.17, 15) is 9.59 Å². The fourth-order valence-electron chi connectivity index (χ4n) is 0.685. The molecule has 0 fully saturated rings. The van der Waals surface area contributed by atoms with E-state index in [-0.39, 0.29) is 18.4 Å². The molecule has 0 aliphatic heterocycles. The van der Waals surface area contributed by atoms with Crippen molar-refractivity contribution >= 4 is 11.9 Å². The van der Waals surface area contributed by atoms with E-state index in [2.05, 4.69) is 10.6 Å². The molecule has 76 valence electrons. The molecule has 13 heavy (non-hydrogen) atoms. The van der Waals surface area contributed by atoms with E-state index in [1.54, 1.807) is 20.9 Å². The number of amides is 1. The van der Waals surface area contributed by atoms with Crippen molar-refractivity contribution in [1.29, 1.82) is 0 Å². The lowest BCUT2D eigenvalue weighted by atomic mass is 10.3. The van der Waals surface area contributed by atoms with Crippen molar-refractivity contribution in [3.8, 4) is 0 Å². The average molecular weight is 188 g/mol. The Hall–Kier alpha value is -1.10. The number of rotatable bonds is 5. The number of hydrogen-bond donors (Lipinski definition) is 2. The highest BCUT2D eigenvalue weighted by atomic mass is 16.5. The molecule has 0 rings (SSSR count). The Morgan fingerprint density at radius 3 is 2.54 bits per heavy atom. The smallest absolute Gasteiger partial charge is 0.322 e. The Morgan fingerprint density at radius 2 is 2.08 bits per heavy atom. The molecule has 0 aromatic heterocycles. The second kappa shape index (κ2) is 6.42. The maximum atomic E-state index is 11.0. The van der Waals surface area contributed by atoms with Gasteiger partial charge in [0.15, 0.2) is 0 Å². The van der Waals surface area contributed by atoms with Gasteiger partial charge in [0.25, 0.3) is 0 Å². The summed E-state index contributed by atoms with van der Waals surface area (Å²) in [6.07, 6.45) is 0. The molecule has 0 aliphatic rings. The predicted molar refractivity (Wildman–Crippen MR) is 48.2 cm³/mol. The van der Waals surface area contributed by atoms with Gasteiger partial charge in [0.1, 0.15) is 6.04 Å². The summed E-state index contributed by atoms with van der Waals surface area (Å²) in [4.78, 5) is 21.8. The number of ether oxygens (including phenoxy) is 1. The molecule has 0 saturated heterocycles. The Labute approximate surface area is 77.8 Å². The Bertz CT molecular complexity index is 182. The van der Waals surface area contributed by atoms with E-state index >= 15 is 0 Å². The zero-order chi connectivity index (χ0) is 10.3. The van der Waals surface area contributed by atoms with Crippen LogP contribution in [0.1, 0.15) is 13.8 Å². The van der Waals surface area contributed by atoms with Gasteiger partial charge in [-0.1, -0.05) is 0 Å². The lowest BCUT2D eigenvalue weighted by Gasteiger charge is -2.11. The van der Waals surface area contributed by atoms with Crippen molar-refractivity contribution in [2.24, 2.45) is 0 Å². The number of carbonyl (C=O) groups excluding carboxylic acids is 2. The standard InChI is InChI=1S/C8H16N2O3/c1-4-13-8(12)6(2)10-5-7(11)9-3/h6,10H,4-5H2,1-3H3,(H,9,11). The van der Waals surface area contributed by atoms with Crippen LogP contribution in [0.2, 0.25) is 0 Å². The molecule has 2 N–H and O–H groups in total. The maximum Gasteiger partial charge on any atom is 0.322 e. The third kappa shape index (κ3) is 5.19. The fraction of sp³-hybridized carbons (Fsp3) is 0.750. The quantitative estimate of drug-likeness (QED) is 0.558. The van der Waals surface area contributed by atoms with Gasteiger partial charge in [-0.3, -0.25) is 14.9 Å². The van der Waals surface area contributed by atoms with Crippen LogP contribution in [-0.4, -0.2) is 38.1 Å². The van der Waals surface area contributed by atoms with E-state index in [0.717, 1.165) is 0 Å². The lowest BCUT2D eigenvalue weighted by molar-refractivity contribution is -0.145. The highest BCUT2D eigenvalue weighted by Crippen LogP contribution is 1.86. The van der Waals surface area contributed by atoms with Gasteiger partial charge in [-0.25, -0.2) is 0 Å². The summed E-state index contributed by atoms with van der Waals surface area (Å²) < 4.78 is 4.74. The average Bonchev–Trinajstić information content (AvgIpc) is 2.13. The molecule has 0 spiro atoms. The van der Waals surface area contributed by atoms with Crippen molar-refractivity contribution in [1.82, 2.24) is 10.6 Å². The second-order valence-corrected chi connectivity index (χ2v) is 2.53. The number of esters is 1. The van der Waals surface area contributed by atoms with Crippen molar-refractivity contribution in [2.75, 3.05) is 20.2 Å². The van der Waals surface area contributed by atoms with Crippen LogP contribution in [0.5, 0.6) is 0 Å². The van der Waals surface area contributed by atoms with Crippen LogP contribution in [-0.2, 0) is 14.3 Å². The molecular formula is C8H16N2O3. The Kier molecular flexibility index (Phi) is 5.88. The molecule has 5 nitrogen and oxygen atoms in total. The predicted octanol–water partition coefficient (Wildman–Crippen LogP) is -0.726. The van der Waals surface area contributed by atoms with E-state index < -0.39 is 6.04 Å². The molecule has 1 amide bonds. The first kappa shape index (κ1) is 11.9. The minimum absolute atomic E-state index is 0.122. The van der Waals surface area contributed by atoms with Crippen LogP contribution in [0.15, 0.2) is 0 Å². The van der Waals surface area contributed by atoms with Gasteiger partial charge in [-0.15, -0.1) is 0 Å². The largest absolute Gasteiger partial charge is 0.465 e. The van der Waals surface area contributed by atoms with E-state index in [1.165, 1.54) is 0 Å². The van der Waals surface area contributed by atoms with Crippen LogP contribution >= 0.6 is 0 Å². The zero-order valence-electron chi connectivity index (χ0n) is 8.22. The second-order valence-electron chi connectivity index (χ2n) is 2.53. The molecule has 0 aromatic carbocycles. The highest BCUT2D eigenvalue weighted by Gasteiger charge is 2.13. The van der Waals surface area contributed by atoms with Crippen molar-refractivity contribution < 1.29 is 14.3 Å². The van der Waals surface area contributed by atoms with Crippen molar-refractivity contribution in [3.05, 3.63) is 0 Å². The summed E-state index contributed by atoms with van der Waals surface area (Å²) in [7, 11) is 1.54. The van der Waals surface area contributed by atoms with Gasteiger partial charge in [0.05, 0.1) is 13.2 Å². The molecule has 1 atom stereocenters. The minimum Gasteiger partial charge on any atom is -0.465 e. The molecule has 0 aliphatic carbocycles. The first-order valence-electron chi connectivity index (χ1n) is 4.22. The molecule has 1 unspecified atom stereocenters. The van der Waals surface area contributed by atoms with Crippen LogP contribution < -0.4 is 10.6 Å². The molecule has 0 heterocycles. The number of nitrogens with one attached hydrogen (secondary N) is 2. The van der Waals surface area contributed by atoms with Gasteiger partial charge >= 0.3 is 5.97 Å². The molecule has 0 aromatic rings. The van der Waals surface area contributed by atoms with Gasteiger partial charge in [-0.2, -0.15) is 0 Å². The number of likely N-dealkylation sites (N-methyl/N-ethyl adjacent to an activating group) is 1. The van der Waals surface area contributed by atoms with Crippen molar-refractivity contribution in [3.63, 3.8) is 0 Å². The summed E-state index contributed by atoms with van der Waals surface area (Å²) in [5.74, 6) is -0.498. The summed E-state index contributed by atoms with van der Waals surface area (Å²) in [5.41, 5.74) is 0. The fourth-order valence-corrected chi connectivity index (χ4v) is 0.685. The van der Waals surface area contributed by atoms with Crippen LogP contribution in [0.3, 0.4) is 0 Å². The van der Waals surface area contributed by atoms with Gasteiger partial charge in [0.2, 0.25) is 5.91 Å². The SMILES string of the molecule is CCOC(=O)C(C)NCC(=O)NC. The summed E-state index contributed by atoms with van der Waals surface area (Å²) in [5, 5.41) is 5.17. The van der Waals surface area contributed by atoms with Crippen molar-refractivity contribution in [2.45, 2.75) is 19.9 Å². The summed E-state index contributed by atoms with van der Waals surface area (Å²) in [6.45, 7) is 3.87. The molecular weight excluding hydrogens is 172 g/mol. The molecule has 0 radical (unpaired) electrons. The van der Waals surface area contributed by atoms with E-state index in [4.69, 9.17) is 4.74 Å².